The summed E-state index contributed by atoms with van der Waals surface area (Å²) < 4.78 is 23.3. The molecule has 6 nitrogen and oxygen atoms in total. The van der Waals surface area contributed by atoms with Crippen LogP contribution in [0.3, 0.4) is 0 Å². The number of halogens is 1. The van der Waals surface area contributed by atoms with Gasteiger partial charge >= 0.3 is 6.03 Å². The van der Waals surface area contributed by atoms with Gasteiger partial charge in [-0.15, -0.1) is 0 Å². The van der Waals surface area contributed by atoms with Gasteiger partial charge in [0.25, 0.3) is 0 Å². The van der Waals surface area contributed by atoms with Crippen LogP contribution in [0.4, 0.5) is 15.0 Å². The average molecular weight is 293 g/mol. The summed E-state index contributed by atoms with van der Waals surface area (Å²) in [5.41, 5.74) is 0.545. The second-order valence-corrected chi connectivity index (χ2v) is 4.53. The highest BCUT2D eigenvalue weighted by Gasteiger charge is 2.15. The van der Waals surface area contributed by atoms with Gasteiger partial charge in [-0.3, -0.25) is 5.32 Å². The SMILES string of the molecule is COc1ccc(F)cc1[C@H](C)NC(=O)Nc1cc(C)on1. The Morgan fingerprint density at radius 1 is 1.43 bits per heavy atom. The van der Waals surface area contributed by atoms with Gasteiger partial charge in [0.1, 0.15) is 17.3 Å². The van der Waals surface area contributed by atoms with Gasteiger partial charge in [-0.05, 0) is 32.0 Å². The Balaban J connectivity index is 2.05. The zero-order valence-corrected chi connectivity index (χ0v) is 11.9. The Labute approximate surface area is 121 Å². The average Bonchev–Trinajstić information content (AvgIpc) is 2.83. The van der Waals surface area contributed by atoms with E-state index in [-0.39, 0.29) is 0 Å². The molecule has 0 aliphatic heterocycles. The number of anilines is 1. The quantitative estimate of drug-likeness (QED) is 0.908. The fourth-order valence-corrected chi connectivity index (χ4v) is 1.90. The Bertz CT molecular complexity index is 642. The van der Waals surface area contributed by atoms with Crippen molar-refractivity contribution in [1.82, 2.24) is 10.5 Å². The van der Waals surface area contributed by atoms with Gasteiger partial charge < -0.3 is 14.6 Å². The van der Waals surface area contributed by atoms with Crippen LogP contribution in [0.25, 0.3) is 0 Å². The van der Waals surface area contributed by atoms with E-state index in [0.29, 0.717) is 22.9 Å². The molecule has 1 atom stereocenters. The minimum atomic E-state index is -0.470. The van der Waals surface area contributed by atoms with Gasteiger partial charge in [0.15, 0.2) is 5.82 Å². The summed E-state index contributed by atoms with van der Waals surface area (Å²) in [6.07, 6.45) is 0. The molecular weight excluding hydrogens is 277 g/mol. The first kappa shape index (κ1) is 14.8. The number of urea groups is 1. The molecule has 0 saturated heterocycles. The molecule has 1 aromatic carbocycles. The summed E-state index contributed by atoms with van der Waals surface area (Å²) in [6.45, 7) is 3.45. The van der Waals surface area contributed by atoms with Crippen LogP contribution in [0.15, 0.2) is 28.8 Å². The van der Waals surface area contributed by atoms with Crippen LogP contribution in [-0.2, 0) is 0 Å². The molecule has 0 aliphatic carbocycles. The van der Waals surface area contributed by atoms with Crippen LogP contribution in [0.1, 0.15) is 24.3 Å². The lowest BCUT2D eigenvalue weighted by Crippen LogP contribution is -2.31. The van der Waals surface area contributed by atoms with Gasteiger partial charge in [0, 0.05) is 11.6 Å². The minimum absolute atomic E-state index is 0.309. The Hall–Kier alpha value is -2.57. The number of hydrogen-bond donors (Lipinski definition) is 2. The lowest BCUT2D eigenvalue weighted by atomic mass is 10.1. The molecule has 0 bridgehead atoms. The van der Waals surface area contributed by atoms with Crippen molar-refractivity contribution < 1.29 is 18.4 Å². The fourth-order valence-electron chi connectivity index (χ4n) is 1.90. The van der Waals surface area contributed by atoms with Crippen LogP contribution in [0.2, 0.25) is 0 Å². The van der Waals surface area contributed by atoms with E-state index < -0.39 is 17.9 Å². The molecule has 0 unspecified atom stereocenters. The van der Waals surface area contributed by atoms with Gasteiger partial charge in [-0.25, -0.2) is 9.18 Å². The van der Waals surface area contributed by atoms with Gasteiger partial charge in [0.2, 0.25) is 0 Å². The van der Waals surface area contributed by atoms with Gasteiger partial charge in [-0.1, -0.05) is 5.16 Å². The van der Waals surface area contributed by atoms with Gasteiger partial charge in [0.05, 0.1) is 13.2 Å². The van der Waals surface area contributed by atoms with Crippen LogP contribution >= 0.6 is 0 Å². The van der Waals surface area contributed by atoms with Crippen LogP contribution < -0.4 is 15.4 Å². The van der Waals surface area contributed by atoms with E-state index in [1.807, 2.05) is 0 Å². The lowest BCUT2D eigenvalue weighted by Gasteiger charge is -2.17. The monoisotopic (exact) mass is 293 g/mol. The Morgan fingerprint density at radius 2 is 2.19 bits per heavy atom. The van der Waals surface area contributed by atoms with Crippen molar-refractivity contribution >= 4 is 11.8 Å². The number of aromatic nitrogens is 1. The summed E-state index contributed by atoms with van der Waals surface area (Å²) in [4.78, 5) is 11.9. The van der Waals surface area contributed by atoms with Crippen molar-refractivity contribution in [2.75, 3.05) is 12.4 Å². The number of nitrogens with one attached hydrogen (secondary N) is 2. The molecular formula is C14H16FN3O3. The molecule has 1 aromatic heterocycles. The van der Waals surface area contributed by atoms with Crippen molar-refractivity contribution in [3.8, 4) is 5.75 Å². The third-order valence-corrected chi connectivity index (χ3v) is 2.88. The van der Waals surface area contributed by atoms with E-state index in [2.05, 4.69) is 15.8 Å². The van der Waals surface area contributed by atoms with E-state index >= 15 is 0 Å². The van der Waals surface area contributed by atoms with Crippen molar-refractivity contribution in [1.29, 1.82) is 0 Å². The number of methoxy groups -OCH3 is 1. The summed E-state index contributed by atoms with van der Waals surface area (Å²) in [7, 11) is 1.49. The number of carbonyl (C=O) groups is 1. The number of hydrogen-bond acceptors (Lipinski definition) is 4. The zero-order valence-electron chi connectivity index (χ0n) is 11.9. The molecule has 0 fully saturated rings. The maximum Gasteiger partial charge on any atom is 0.320 e. The van der Waals surface area contributed by atoms with Crippen molar-refractivity contribution in [2.45, 2.75) is 19.9 Å². The highest BCUT2D eigenvalue weighted by atomic mass is 19.1. The molecule has 2 aromatic rings. The van der Waals surface area contributed by atoms with E-state index in [4.69, 9.17) is 9.26 Å². The van der Waals surface area contributed by atoms with Gasteiger partial charge in [-0.2, -0.15) is 0 Å². The summed E-state index contributed by atoms with van der Waals surface area (Å²) in [5, 5.41) is 8.86. The molecule has 0 saturated carbocycles. The number of aryl methyl sites for hydroxylation is 1. The number of amides is 2. The number of carbonyl (C=O) groups excluding carboxylic acids is 1. The van der Waals surface area contributed by atoms with Crippen molar-refractivity contribution in [2.24, 2.45) is 0 Å². The second-order valence-electron chi connectivity index (χ2n) is 4.53. The normalized spacial score (nSPS) is 11.8. The smallest absolute Gasteiger partial charge is 0.320 e. The lowest BCUT2D eigenvalue weighted by molar-refractivity contribution is 0.249. The minimum Gasteiger partial charge on any atom is -0.496 e. The Kier molecular flexibility index (Phi) is 4.42. The topological polar surface area (TPSA) is 76.4 Å². The first-order valence-corrected chi connectivity index (χ1v) is 6.34. The van der Waals surface area contributed by atoms with E-state index in [1.165, 1.54) is 25.3 Å². The largest absolute Gasteiger partial charge is 0.496 e. The molecule has 2 N–H and O–H groups in total. The standard InChI is InChI=1S/C14H16FN3O3/c1-8-6-13(18-21-8)17-14(19)16-9(2)11-7-10(15)4-5-12(11)20-3/h4-7,9H,1-3H3,(H2,16,17,18,19)/t9-/m0/s1. The maximum atomic E-state index is 13.3. The molecule has 0 radical (unpaired) electrons. The highest BCUT2D eigenvalue weighted by molar-refractivity contribution is 5.88. The fraction of sp³-hybridized carbons (Fsp3) is 0.286. The summed E-state index contributed by atoms with van der Waals surface area (Å²) >= 11 is 0. The molecule has 0 spiro atoms. The predicted octanol–water partition coefficient (Wildman–Crippen LogP) is 3.01. The third kappa shape index (κ3) is 3.71. The maximum absolute atomic E-state index is 13.3. The molecule has 7 heteroatoms. The number of nitrogens with zero attached hydrogens (tertiary/aromatic N) is 1. The van der Waals surface area contributed by atoms with Crippen LogP contribution in [0.5, 0.6) is 5.75 Å². The van der Waals surface area contributed by atoms with Crippen LogP contribution in [0, 0.1) is 12.7 Å². The number of benzene rings is 1. The summed E-state index contributed by atoms with van der Waals surface area (Å²) in [5.74, 6) is 1.00. The van der Waals surface area contributed by atoms with E-state index in [0.717, 1.165) is 0 Å². The van der Waals surface area contributed by atoms with Crippen molar-refractivity contribution in [3.63, 3.8) is 0 Å². The molecule has 112 valence electrons. The molecule has 0 aliphatic rings. The van der Waals surface area contributed by atoms with E-state index in [1.54, 1.807) is 19.9 Å². The predicted molar refractivity (Wildman–Crippen MR) is 74.8 cm³/mol. The Morgan fingerprint density at radius 3 is 2.81 bits per heavy atom. The first-order chi connectivity index (χ1) is 9.99. The van der Waals surface area contributed by atoms with Crippen LogP contribution in [-0.4, -0.2) is 18.3 Å². The van der Waals surface area contributed by atoms with Crippen molar-refractivity contribution in [3.05, 3.63) is 41.4 Å². The highest BCUT2D eigenvalue weighted by Crippen LogP contribution is 2.25. The molecule has 21 heavy (non-hydrogen) atoms. The first-order valence-electron chi connectivity index (χ1n) is 6.34. The zero-order chi connectivity index (χ0) is 15.4. The summed E-state index contributed by atoms with van der Waals surface area (Å²) in [6, 6.07) is 4.82. The molecule has 2 amide bonds. The molecule has 1 heterocycles. The number of ether oxygens (including phenoxy) is 1. The second kappa shape index (κ2) is 6.25. The third-order valence-electron chi connectivity index (χ3n) is 2.88. The number of rotatable bonds is 4. The van der Waals surface area contributed by atoms with E-state index in [9.17, 15) is 9.18 Å². The molecule has 2 rings (SSSR count).